The number of hydrogen-bond donors (Lipinski definition) is 0. The Morgan fingerprint density at radius 1 is 0.969 bits per heavy atom. The van der Waals surface area contributed by atoms with Crippen molar-refractivity contribution in [2.45, 2.75) is 135 Å². The molecule has 1 aliphatic rings. The van der Waals surface area contributed by atoms with Gasteiger partial charge >= 0.3 is 0 Å². The van der Waals surface area contributed by atoms with Crippen molar-refractivity contribution in [2.75, 3.05) is 0 Å². The molecule has 0 bridgehead atoms. The van der Waals surface area contributed by atoms with Crippen LogP contribution in [0.2, 0.25) is 36.3 Å². The van der Waals surface area contributed by atoms with E-state index in [0.717, 1.165) is 12.8 Å². The molecule has 0 saturated heterocycles. The molecule has 0 N–H and O–H groups in total. The molecule has 0 aliphatic heterocycles. The molecule has 5 heteroatoms. The van der Waals surface area contributed by atoms with Crippen LogP contribution in [0.3, 0.4) is 0 Å². The van der Waals surface area contributed by atoms with Gasteiger partial charge in [0, 0.05) is 12.3 Å². The van der Waals surface area contributed by atoms with Crippen molar-refractivity contribution < 1.29 is 13.6 Å². The second kappa shape index (κ2) is 10.4. The lowest BCUT2D eigenvalue weighted by Crippen LogP contribution is -2.48. The predicted octanol–water partition coefficient (Wildman–Crippen LogP) is 8.44. The molecule has 0 spiro atoms. The zero-order valence-corrected chi connectivity index (χ0v) is 25.3. The first-order chi connectivity index (χ1) is 14.3. The van der Waals surface area contributed by atoms with Crippen LogP contribution in [0.1, 0.15) is 87.5 Å². The smallest absolute Gasteiger partial charge is 0.193 e. The summed E-state index contributed by atoms with van der Waals surface area (Å²) in [4.78, 5) is 12.6. The summed E-state index contributed by atoms with van der Waals surface area (Å²) in [5.41, 5.74) is 0.346. The minimum absolute atomic E-state index is 0.0647. The quantitative estimate of drug-likeness (QED) is 0.136. The maximum atomic E-state index is 12.6. The van der Waals surface area contributed by atoms with E-state index in [2.05, 4.69) is 100 Å². The number of carbonyl (C=O) groups is 1. The van der Waals surface area contributed by atoms with Crippen LogP contribution in [0.25, 0.3) is 0 Å². The van der Waals surface area contributed by atoms with Crippen molar-refractivity contribution in [1.82, 2.24) is 0 Å². The highest BCUT2D eigenvalue weighted by molar-refractivity contribution is 6.74. The fraction of sp³-hybridized carbons (Fsp3) is 0.815. The first-order valence-corrected chi connectivity index (χ1v) is 18.4. The summed E-state index contributed by atoms with van der Waals surface area (Å²) >= 11 is 0. The van der Waals surface area contributed by atoms with E-state index < -0.39 is 16.6 Å². The molecular formula is C27H52O3Si2. The van der Waals surface area contributed by atoms with Crippen LogP contribution in [0.5, 0.6) is 0 Å². The number of ketones is 1. The zero-order valence-electron chi connectivity index (χ0n) is 23.3. The van der Waals surface area contributed by atoms with Gasteiger partial charge in [0.25, 0.3) is 0 Å². The molecule has 0 amide bonds. The Hall–Kier alpha value is -0.496. The molecule has 186 valence electrons. The van der Waals surface area contributed by atoms with E-state index in [0.29, 0.717) is 12.0 Å². The van der Waals surface area contributed by atoms with Crippen LogP contribution < -0.4 is 0 Å². The van der Waals surface area contributed by atoms with Gasteiger partial charge in [-0.05, 0) is 55.2 Å². The predicted molar refractivity (Wildman–Crippen MR) is 144 cm³/mol. The van der Waals surface area contributed by atoms with Gasteiger partial charge in [0.05, 0.1) is 11.7 Å². The van der Waals surface area contributed by atoms with Gasteiger partial charge in [-0.2, -0.15) is 0 Å². The van der Waals surface area contributed by atoms with Gasteiger partial charge in [-0.1, -0.05) is 86.5 Å². The second-order valence-corrected chi connectivity index (χ2v) is 22.6. The van der Waals surface area contributed by atoms with E-state index in [4.69, 9.17) is 8.85 Å². The Kier molecular flexibility index (Phi) is 9.61. The third kappa shape index (κ3) is 7.51. The van der Waals surface area contributed by atoms with Crippen LogP contribution in [-0.2, 0) is 13.6 Å². The lowest BCUT2D eigenvalue weighted by atomic mass is 9.94. The van der Waals surface area contributed by atoms with Crippen LogP contribution >= 0.6 is 0 Å². The minimum Gasteiger partial charge on any atom is -0.413 e. The summed E-state index contributed by atoms with van der Waals surface area (Å²) in [6.45, 7) is 31.4. The van der Waals surface area contributed by atoms with Crippen molar-refractivity contribution in [3.8, 4) is 0 Å². The van der Waals surface area contributed by atoms with Gasteiger partial charge in [0.1, 0.15) is 0 Å². The van der Waals surface area contributed by atoms with Gasteiger partial charge in [-0.3, -0.25) is 4.79 Å². The van der Waals surface area contributed by atoms with Crippen LogP contribution in [0.15, 0.2) is 24.3 Å². The molecule has 0 heterocycles. The van der Waals surface area contributed by atoms with Crippen molar-refractivity contribution in [1.29, 1.82) is 0 Å². The Morgan fingerprint density at radius 3 is 1.97 bits per heavy atom. The molecule has 3 atom stereocenters. The number of carbonyl (C=O) groups excluding carboxylic acids is 1. The van der Waals surface area contributed by atoms with Crippen molar-refractivity contribution >= 4 is 22.4 Å². The van der Waals surface area contributed by atoms with Gasteiger partial charge in [0.15, 0.2) is 22.4 Å². The Morgan fingerprint density at radius 2 is 1.50 bits per heavy atom. The van der Waals surface area contributed by atoms with Gasteiger partial charge < -0.3 is 8.85 Å². The van der Waals surface area contributed by atoms with Crippen LogP contribution in [0, 0.1) is 5.92 Å². The van der Waals surface area contributed by atoms with Crippen molar-refractivity contribution in [3.05, 3.63) is 24.3 Å². The summed E-state index contributed by atoms with van der Waals surface area (Å²) in [6.07, 6.45) is 9.27. The van der Waals surface area contributed by atoms with E-state index in [9.17, 15) is 4.79 Å². The van der Waals surface area contributed by atoms with Crippen LogP contribution in [0.4, 0.5) is 0 Å². The monoisotopic (exact) mass is 480 g/mol. The van der Waals surface area contributed by atoms with Crippen LogP contribution in [-0.4, -0.2) is 34.1 Å². The number of Topliss-reactive ketones (excluding diaryl/α,β-unsaturated/α-hetero) is 1. The van der Waals surface area contributed by atoms with Gasteiger partial charge in [-0.25, -0.2) is 0 Å². The molecule has 2 unspecified atom stereocenters. The minimum atomic E-state index is -1.99. The maximum Gasteiger partial charge on any atom is 0.193 e. The zero-order chi connectivity index (χ0) is 25.2. The fourth-order valence-corrected chi connectivity index (χ4v) is 6.68. The lowest BCUT2D eigenvalue weighted by Gasteiger charge is -2.43. The van der Waals surface area contributed by atoms with E-state index in [1.165, 1.54) is 12.8 Å². The van der Waals surface area contributed by atoms with Crippen molar-refractivity contribution in [3.63, 3.8) is 0 Å². The Bertz CT molecular complexity index is 695. The molecule has 1 aliphatic carbocycles. The summed E-state index contributed by atoms with van der Waals surface area (Å²) in [5, 5.41) is 0.252. The molecule has 0 aromatic rings. The highest BCUT2D eigenvalue weighted by Crippen LogP contribution is 2.43. The normalized spacial score (nSPS) is 23.2. The van der Waals surface area contributed by atoms with E-state index in [-0.39, 0.29) is 33.5 Å². The molecule has 32 heavy (non-hydrogen) atoms. The Labute approximate surface area is 201 Å². The third-order valence-electron chi connectivity index (χ3n) is 8.03. The molecule has 0 aromatic heterocycles. The van der Waals surface area contributed by atoms with Gasteiger partial charge in [-0.15, -0.1) is 0 Å². The summed E-state index contributed by atoms with van der Waals surface area (Å²) in [6, 6.07) is 0. The number of unbranched alkanes of at least 4 members (excludes halogenated alkanes) is 2. The average Bonchev–Trinajstić information content (AvgIpc) is 2.84. The first-order valence-electron chi connectivity index (χ1n) is 12.6. The molecule has 3 nitrogen and oxygen atoms in total. The first kappa shape index (κ1) is 29.5. The topological polar surface area (TPSA) is 35.5 Å². The summed E-state index contributed by atoms with van der Waals surface area (Å²) < 4.78 is 13.7. The summed E-state index contributed by atoms with van der Waals surface area (Å²) in [7, 11) is -3.94. The molecule has 0 aromatic carbocycles. The largest absolute Gasteiger partial charge is 0.413 e. The van der Waals surface area contributed by atoms with E-state index in [1.807, 2.05) is 0 Å². The standard InChI is InChI=1S/C27H52O3Si2/c1-14-15-16-18-27(9,30-32(12,13)26(6,7)8)19-17-22-21(2)23(28)20-24(22)29-31(10,11)25(3,4)5/h17,19,22,24H,2,14-16,18,20H2,1,3-13H3/b19-17+/t22?,24?,27-/m0/s1. The lowest BCUT2D eigenvalue weighted by molar-refractivity contribution is -0.115. The highest BCUT2D eigenvalue weighted by atomic mass is 28.4. The van der Waals surface area contributed by atoms with Gasteiger partial charge in [0.2, 0.25) is 0 Å². The number of hydrogen-bond acceptors (Lipinski definition) is 3. The number of rotatable bonds is 10. The second-order valence-electron chi connectivity index (χ2n) is 13.1. The molecular weight excluding hydrogens is 428 g/mol. The summed E-state index contributed by atoms with van der Waals surface area (Å²) in [5.74, 6) is 0.0755. The van der Waals surface area contributed by atoms with E-state index >= 15 is 0 Å². The SMILES string of the molecule is C=C1C(=O)CC(O[Si](C)(C)C(C)(C)C)C1/C=C/[C@](C)(CCCCC)O[Si](C)(C)C(C)(C)C. The Balaban J connectivity index is 3.22. The molecule has 0 radical (unpaired) electrons. The molecule has 1 saturated carbocycles. The molecule has 1 rings (SSSR count). The highest BCUT2D eigenvalue weighted by Gasteiger charge is 2.45. The maximum absolute atomic E-state index is 12.6. The van der Waals surface area contributed by atoms with Crippen molar-refractivity contribution in [2.24, 2.45) is 5.92 Å². The fourth-order valence-electron chi connectivity index (χ4n) is 3.70. The third-order valence-corrected chi connectivity index (χ3v) is 17.1. The average molecular weight is 481 g/mol. The molecule has 1 fully saturated rings. The van der Waals surface area contributed by atoms with E-state index in [1.54, 1.807) is 0 Å².